The molecule has 2 aromatic heterocycles. The molecule has 3 rings (SSSR count). The first-order valence-corrected chi connectivity index (χ1v) is 9.26. The zero-order chi connectivity index (χ0) is 16.4. The van der Waals surface area contributed by atoms with E-state index in [-0.39, 0.29) is 0 Å². The zero-order valence-corrected chi connectivity index (χ0v) is 15.4. The van der Waals surface area contributed by atoms with Crippen molar-refractivity contribution in [3.63, 3.8) is 0 Å². The van der Waals surface area contributed by atoms with Gasteiger partial charge in [-0.2, -0.15) is 4.37 Å². The lowest BCUT2D eigenvalue weighted by Gasteiger charge is -2.06. The van der Waals surface area contributed by atoms with Gasteiger partial charge in [-0.25, -0.2) is 4.98 Å². The van der Waals surface area contributed by atoms with Gasteiger partial charge >= 0.3 is 0 Å². The van der Waals surface area contributed by atoms with E-state index in [2.05, 4.69) is 44.9 Å². The van der Waals surface area contributed by atoms with Gasteiger partial charge in [-0.15, -0.1) is 10.2 Å². The number of hydrogen-bond acceptors (Lipinski definition) is 6. The minimum Gasteiger partial charge on any atom is -0.302 e. The lowest BCUT2D eigenvalue weighted by Crippen LogP contribution is -1.99. The number of aromatic nitrogens is 5. The number of halogens is 1. The maximum Gasteiger partial charge on any atom is 0.198 e. The fourth-order valence-electron chi connectivity index (χ4n) is 2.04. The number of hydrogen-bond donors (Lipinski definition) is 0. The Bertz CT molecular complexity index is 795. The van der Waals surface area contributed by atoms with E-state index >= 15 is 0 Å². The van der Waals surface area contributed by atoms with Crippen LogP contribution in [0.25, 0.3) is 11.4 Å². The standard InChI is InChI=1S/C15H16ClN5S2/c1-4-21-13(10-5-7-11(16)8-6-10)18-19-14(21)22-15-17-12(9(2)3)20-23-15/h5-9H,4H2,1-3H3. The van der Waals surface area contributed by atoms with Crippen LogP contribution >= 0.6 is 34.9 Å². The first-order valence-electron chi connectivity index (χ1n) is 7.29. The molecule has 2 heterocycles. The Kier molecular flexibility index (Phi) is 4.99. The maximum absolute atomic E-state index is 5.95. The molecule has 0 spiro atoms. The average molecular weight is 366 g/mol. The van der Waals surface area contributed by atoms with Crippen LogP contribution in [0, 0.1) is 0 Å². The molecule has 0 fully saturated rings. The molecule has 0 radical (unpaired) electrons. The van der Waals surface area contributed by atoms with Crippen LogP contribution < -0.4 is 0 Å². The highest BCUT2D eigenvalue weighted by atomic mass is 35.5. The molecule has 120 valence electrons. The monoisotopic (exact) mass is 365 g/mol. The van der Waals surface area contributed by atoms with Gasteiger partial charge in [-0.3, -0.25) is 0 Å². The van der Waals surface area contributed by atoms with Gasteiger partial charge in [0.15, 0.2) is 15.3 Å². The molecule has 0 aliphatic carbocycles. The van der Waals surface area contributed by atoms with Gasteiger partial charge in [0, 0.05) is 23.0 Å². The fourth-order valence-corrected chi connectivity index (χ4v) is 3.91. The molecule has 0 aliphatic heterocycles. The SMILES string of the molecule is CCn1c(Sc2nc(C(C)C)ns2)nnc1-c1ccc(Cl)cc1. The molecule has 3 aromatic rings. The molecule has 5 nitrogen and oxygen atoms in total. The van der Waals surface area contributed by atoms with Crippen LogP contribution in [0.5, 0.6) is 0 Å². The van der Waals surface area contributed by atoms with Gasteiger partial charge in [0.2, 0.25) is 0 Å². The Morgan fingerprint density at radius 2 is 1.96 bits per heavy atom. The van der Waals surface area contributed by atoms with Crippen molar-refractivity contribution in [1.29, 1.82) is 0 Å². The van der Waals surface area contributed by atoms with Crippen molar-refractivity contribution in [2.75, 3.05) is 0 Å². The molecule has 8 heteroatoms. The van der Waals surface area contributed by atoms with Gasteiger partial charge in [-0.05, 0) is 54.5 Å². The van der Waals surface area contributed by atoms with E-state index in [0.717, 1.165) is 33.3 Å². The minimum atomic E-state index is 0.328. The van der Waals surface area contributed by atoms with Crippen LogP contribution in [0.1, 0.15) is 32.5 Å². The summed E-state index contributed by atoms with van der Waals surface area (Å²) in [7, 11) is 0. The van der Waals surface area contributed by atoms with Gasteiger partial charge in [0.05, 0.1) is 0 Å². The van der Waals surface area contributed by atoms with E-state index in [1.807, 2.05) is 24.3 Å². The highest BCUT2D eigenvalue weighted by Gasteiger charge is 2.16. The first-order chi connectivity index (χ1) is 11.1. The van der Waals surface area contributed by atoms with Crippen molar-refractivity contribution in [2.24, 2.45) is 0 Å². The van der Waals surface area contributed by atoms with Crippen LogP contribution in [-0.4, -0.2) is 24.1 Å². The number of nitrogens with zero attached hydrogens (tertiary/aromatic N) is 5. The molecule has 0 aliphatic rings. The van der Waals surface area contributed by atoms with Crippen molar-refractivity contribution < 1.29 is 0 Å². The lowest BCUT2D eigenvalue weighted by molar-refractivity contribution is 0.687. The molecule has 0 atom stereocenters. The Hall–Kier alpha value is -1.44. The molecular weight excluding hydrogens is 350 g/mol. The summed E-state index contributed by atoms with van der Waals surface area (Å²) in [5.74, 6) is 2.03. The summed E-state index contributed by atoms with van der Waals surface area (Å²) >= 11 is 8.86. The highest BCUT2D eigenvalue weighted by molar-refractivity contribution is 8.00. The van der Waals surface area contributed by atoms with Crippen molar-refractivity contribution in [3.8, 4) is 11.4 Å². The fraction of sp³-hybridized carbons (Fsp3) is 0.333. The molecule has 0 saturated heterocycles. The van der Waals surface area contributed by atoms with Gasteiger partial charge < -0.3 is 4.57 Å². The Labute approximate surface area is 148 Å². The summed E-state index contributed by atoms with van der Waals surface area (Å²) in [5.41, 5.74) is 0.996. The van der Waals surface area contributed by atoms with Crippen molar-refractivity contribution in [3.05, 3.63) is 35.1 Å². The summed E-state index contributed by atoms with van der Waals surface area (Å²) < 4.78 is 7.34. The molecule has 1 aromatic carbocycles. The third-order valence-corrected chi connectivity index (χ3v) is 5.26. The third kappa shape index (κ3) is 3.57. The van der Waals surface area contributed by atoms with Gasteiger partial charge in [-0.1, -0.05) is 25.4 Å². The molecule has 23 heavy (non-hydrogen) atoms. The lowest BCUT2D eigenvalue weighted by atomic mass is 10.2. The van der Waals surface area contributed by atoms with Crippen LogP contribution in [0.15, 0.2) is 33.8 Å². The van der Waals surface area contributed by atoms with Gasteiger partial charge in [0.25, 0.3) is 0 Å². The quantitative estimate of drug-likeness (QED) is 0.653. The Morgan fingerprint density at radius 3 is 2.57 bits per heavy atom. The van der Waals surface area contributed by atoms with Crippen molar-refractivity contribution >= 4 is 34.9 Å². The van der Waals surface area contributed by atoms with E-state index in [9.17, 15) is 0 Å². The van der Waals surface area contributed by atoms with Crippen molar-refractivity contribution in [1.82, 2.24) is 24.1 Å². The van der Waals surface area contributed by atoms with Crippen LogP contribution in [0.4, 0.5) is 0 Å². The molecule has 0 amide bonds. The van der Waals surface area contributed by atoms with E-state index in [1.165, 1.54) is 23.3 Å². The second kappa shape index (κ2) is 6.98. The predicted octanol–water partition coefficient (Wildman–Crippen LogP) is 4.74. The van der Waals surface area contributed by atoms with Crippen LogP contribution in [0.2, 0.25) is 5.02 Å². The Morgan fingerprint density at radius 1 is 1.22 bits per heavy atom. The maximum atomic E-state index is 5.95. The van der Waals surface area contributed by atoms with Crippen LogP contribution in [0.3, 0.4) is 0 Å². The summed E-state index contributed by atoms with van der Waals surface area (Å²) in [6.45, 7) is 7.03. The molecule has 0 bridgehead atoms. The second-order valence-corrected chi connectivity index (χ2v) is 7.64. The van der Waals surface area contributed by atoms with E-state index in [1.54, 1.807) is 0 Å². The summed E-state index contributed by atoms with van der Waals surface area (Å²) in [6.07, 6.45) is 0. The highest BCUT2D eigenvalue weighted by Crippen LogP contribution is 2.31. The first kappa shape index (κ1) is 16.4. The molecule has 0 N–H and O–H groups in total. The minimum absolute atomic E-state index is 0.328. The van der Waals surface area contributed by atoms with Crippen molar-refractivity contribution in [2.45, 2.75) is 42.7 Å². The van der Waals surface area contributed by atoms with Crippen LogP contribution in [-0.2, 0) is 6.54 Å². The topological polar surface area (TPSA) is 56.5 Å². The molecule has 0 unspecified atom stereocenters. The summed E-state index contributed by atoms with van der Waals surface area (Å²) in [6, 6.07) is 7.62. The van der Waals surface area contributed by atoms with E-state index in [0.29, 0.717) is 10.9 Å². The summed E-state index contributed by atoms with van der Waals surface area (Å²) in [4.78, 5) is 4.55. The predicted molar refractivity (Wildman–Crippen MR) is 94.3 cm³/mol. The smallest absolute Gasteiger partial charge is 0.198 e. The second-order valence-electron chi connectivity index (χ2n) is 5.23. The largest absolute Gasteiger partial charge is 0.302 e. The average Bonchev–Trinajstić information content (AvgIpc) is 3.15. The third-order valence-electron chi connectivity index (χ3n) is 3.25. The van der Waals surface area contributed by atoms with E-state index in [4.69, 9.17) is 11.6 Å². The number of benzene rings is 1. The Balaban J connectivity index is 1.89. The van der Waals surface area contributed by atoms with Gasteiger partial charge in [0.1, 0.15) is 5.82 Å². The zero-order valence-electron chi connectivity index (χ0n) is 13.0. The molecule has 0 saturated carbocycles. The number of rotatable bonds is 5. The molecular formula is C15H16ClN5S2. The summed E-state index contributed by atoms with van der Waals surface area (Å²) in [5, 5.41) is 10.2. The van der Waals surface area contributed by atoms with E-state index < -0.39 is 0 Å². The normalized spacial score (nSPS) is 11.3.